The normalized spacial score (nSPS) is 14.9. The molecular formula is C28H33N5O. The third-order valence-corrected chi connectivity index (χ3v) is 6.01. The number of hydrogen-bond donors (Lipinski definition) is 2. The van der Waals surface area contributed by atoms with Crippen LogP contribution in [0.25, 0.3) is 12.2 Å². The highest BCUT2D eigenvalue weighted by atomic mass is 16.1. The second-order valence-corrected chi connectivity index (χ2v) is 8.70. The molecule has 0 saturated carbocycles. The van der Waals surface area contributed by atoms with Crippen molar-refractivity contribution in [2.24, 2.45) is 0 Å². The van der Waals surface area contributed by atoms with Crippen LogP contribution in [0.5, 0.6) is 0 Å². The van der Waals surface area contributed by atoms with Gasteiger partial charge in [-0.2, -0.15) is 0 Å². The Morgan fingerprint density at radius 1 is 0.912 bits per heavy atom. The Bertz CT molecular complexity index is 1090. The third kappa shape index (κ3) is 7.27. The number of piperazine rings is 1. The summed E-state index contributed by atoms with van der Waals surface area (Å²) in [7, 11) is 2.17. The standard InChI is InChI=1S/C28H33N5O/c1-32-17-19-33(20-18-32)16-4-13-30-28(34)25-6-3-8-27(22-25)31-26-7-2-5-24(21-26)10-9-23-11-14-29-15-12-23/h2-3,5-12,14-15,21-22,31H,4,13,16-20H2,1H3,(H,30,34)/b10-9+. The molecule has 1 amide bonds. The molecule has 2 aromatic carbocycles. The number of aromatic nitrogens is 1. The van der Waals surface area contributed by atoms with Crippen LogP contribution in [0.2, 0.25) is 0 Å². The van der Waals surface area contributed by atoms with Gasteiger partial charge in [0.05, 0.1) is 0 Å². The summed E-state index contributed by atoms with van der Waals surface area (Å²) in [5.41, 5.74) is 4.73. The van der Waals surface area contributed by atoms with Gasteiger partial charge < -0.3 is 20.4 Å². The molecule has 4 rings (SSSR count). The van der Waals surface area contributed by atoms with Crippen LogP contribution in [0, 0.1) is 0 Å². The van der Waals surface area contributed by atoms with Gasteiger partial charge in [0.25, 0.3) is 5.91 Å². The van der Waals surface area contributed by atoms with Crippen molar-refractivity contribution in [2.45, 2.75) is 6.42 Å². The quantitative estimate of drug-likeness (QED) is 0.470. The highest BCUT2D eigenvalue weighted by Gasteiger charge is 2.13. The fourth-order valence-corrected chi connectivity index (χ4v) is 3.97. The Morgan fingerprint density at radius 2 is 1.62 bits per heavy atom. The largest absolute Gasteiger partial charge is 0.355 e. The molecule has 6 nitrogen and oxygen atoms in total. The van der Waals surface area contributed by atoms with E-state index in [0.29, 0.717) is 12.1 Å². The molecule has 2 heterocycles. The second kappa shape index (κ2) is 12.1. The van der Waals surface area contributed by atoms with Crippen molar-refractivity contribution < 1.29 is 4.79 Å². The van der Waals surface area contributed by atoms with E-state index in [1.165, 1.54) is 0 Å². The molecular weight excluding hydrogens is 422 g/mol. The van der Waals surface area contributed by atoms with Crippen LogP contribution in [0.15, 0.2) is 73.1 Å². The zero-order valence-electron chi connectivity index (χ0n) is 19.8. The van der Waals surface area contributed by atoms with E-state index in [9.17, 15) is 4.79 Å². The average molecular weight is 456 g/mol. The number of nitrogens with one attached hydrogen (secondary N) is 2. The van der Waals surface area contributed by atoms with Crippen LogP contribution in [0.4, 0.5) is 11.4 Å². The summed E-state index contributed by atoms with van der Waals surface area (Å²) < 4.78 is 0. The van der Waals surface area contributed by atoms with Gasteiger partial charge in [-0.1, -0.05) is 30.4 Å². The zero-order valence-corrected chi connectivity index (χ0v) is 19.8. The number of anilines is 2. The van der Waals surface area contributed by atoms with Crippen molar-refractivity contribution in [3.05, 3.63) is 89.7 Å². The number of carbonyl (C=O) groups is 1. The lowest BCUT2D eigenvalue weighted by Gasteiger charge is -2.32. The first kappa shape index (κ1) is 23.7. The zero-order chi connectivity index (χ0) is 23.6. The van der Waals surface area contributed by atoms with Crippen molar-refractivity contribution >= 4 is 29.4 Å². The number of nitrogens with zero attached hydrogens (tertiary/aromatic N) is 3. The first-order valence-corrected chi connectivity index (χ1v) is 11.9. The van der Waals surface area contributed by atoms with Crippen LogP contribution in [0.3, 0.4) is 0 Å². The molecule has 1 fully saturated rings. The fraction of sp³-hybridized carbons (Fsp3) is 0.286. The molecule has 1 aliphatic rings. The van der Waals surface area contributed by atoms with E-state index in [1.54, 1.807) is 12.4 Å². The van der Waals surface area contributed by atoms with Gasteiger partial charge in [-0.3, -0.25) is 9.78 Å². The first-order valence-electron chi connectivity index (χ1n) is 11.9. The summed E-state index contributed by atoms with van der Waals surface area (Å²) in [6.45, 7) is 6.18. The molecule has 6 heteroatoms. The SMILES string of the molecule is CN1CCN(CCCNC(=O)c2cccc(Nc3cccc(/C=C/c4ccncc4)c3)c2)CC1. The third-order valence-electron chi connectivity index (χ3n) is 6.01. The smallest absolute Gasteiger partial charge is 0.251 e. The van der Waals surface area contributed by atoms with Crippen LogP contribution >= 0.6 is 0 Å². The van der Waals surface area contributed by atoms with Crippen LogP contribution in [0.1, 0.15) is 27.9 Å². The number of likely N-dealkylation sites (N-methyl/N-ethyl adjacent to an activating group) is 1. The molecule has 0 aliphatic carbocycles. The summed E-state index contributed by atoms with van der Waals surface area (Å²) in [6, 6.07) is 19.8. The van der Waals surface area contributed by atoms with Crippen molar-refractivity contribution in [1.29, 1.82) is 0 Å². The van der Waals surface area contributed by atoms with Crippen molar-refractivity contribution in [3.8, 4) is 0 Å². The Morgan fingerprint density at radius 3 is 2.41 bits per heavy atom. The van der Waals surface area contributed by atoms with Gasteiger partial charge in [-0.05, 0) is 73.6 Å². The number of rotatable bonds is 9. The van der Waals surface area contributed by atoms with Gasteiger partial charge in [0.15, 0.2) is 0 Å². The molecule has 176 valence electrons. The molecule has 0 radical (unpaired) electrons. The van der Waals surface area contributed by atoms with Crippen molar-refractivity contribution in [1.82, 2.24) is 20.1 Å². The molecule has 34 heavy (non-hydrogen) atoms. The maximum atomic E-state index is 12.6. The Labute approximate surface area is 202 Å². The molecule has 1 aliphatic heterocycles. The summed E-state index contributed by atoms with van der Waals surface area (Å²) in [4.78, 5) is 21.5. The molecule has 2 N–H and O–H groups in total. The van der Waals surface area contributed by atoms with E-state index in [0.717, 1.165) is 61.6 Å². The molecule has 0 bridgehead atoms. The van der Waals surface area contributed by atoms with Crippen molar-refractivity contribution in [3.63, 3.8) is 0 Å². The number of pyridine rings is 1. The first-order chi connectivity index (χ1) is 16.7. The number of amides is 1. The van der Waals surface area contributed by atoms with Gasteiger partial charge in [0.2, 0.25) is 0 Å². The summed E-state index contributed by atoms with van der Waals surface area (Å²) >= 11 is 0. The number of hydrogen-bond acceptors (Lipinski definition) is 5. The Kier molecular flexibility index (Phi) is 8.43. The van der Waals surface area contributed by atoms with E-state index < -0.39 is 0 Å². The lowest BCUT2D eigenvalue weighted by molar-refractivity contribution is 0.0949. The minimum Gasteiger partial charge on any atom is -0.355 e. The Balaban J connectivity index is 1.28. The highest BCUT2D eigenvalue weighted by Crippen LogP contribution is 2.20. The van der Waals surface area contributed by atoms with Gasteiger partial charge in [0.1, 0.15) is 0 Å². The van der Waals surface area contributed by atoms with Gasteiger partial charge >= 0.3 is 0 Å². The molecule has 0 unspecified atom stereocenters. The monoisotopic (exact) mass is 455 g/mol. The van der Waals surface area contributed by atoms with E-state index in [4.69, 9.17) is 0 Å². The number of benzene rings is 2. The van der Waals surface area contributed by atoms with Crippen LogP contribution in [-0.2, 0) is 0 Å². The van der Waals surface area contributed by atoms with Gasteiger partial charge in [0, 0.05) is 62.1 Å². The predicted molar refractivity (Wildman–Crippen MR) is 140 cm³/mol. The molecule has 1 aromatic heterocycles. The van der Waals surface area contributed by atoms with E-state index in [2.05, 4.69) is 56.7 Å². The average Bonchev–Trinajstić information content (AvgIpc) is 2.87. The van der Waals surface area contributed by atoms with Gasteiger partial charge in [-0.15, -0.1) is 0 Å². The summed E-state index contributed by atoms with van der Waals surface area (Å²) in [6.07, 6.45) is 8.68. The van der Waals surface area contributed by atoms with Crippen LogP contribution in [-0.4, -0.2) is 67.0 Å². The molecule has 3 aromatic rings. The van der Waals surface area contributed by atoms with Crippen molar-refractivity contribution in [2.75, 3.05) is 51.6 Å². The fourth-order valence-electron chi connectivity index (χ4n) is 3.97. The summed E-state index contributed by atoms with van der Waals surface area (Å²) in [5.74, 6) is -0.0314. The minimum atomic E-state index is -0.0314. The molecule has 0 atom stereocenters. The van der Waals surface area contributed by atoms with Crippen LogP contribution < -0.4 is 10.6 Å². The van der Waals surface area contributed by atoms with Gasteiger partial charge in [-0.25, -0.2) is 0 Å². The topological polar surface area (TPSA) is 60.5 Å². The second-order valence-electron chi connectivity index (χ2n) is 8.70. The van der Waals surface area contributed by atoms with E-state index in [-0.39, 0.29) is 5.91 Å². The highest BCUT2D eigenvalue weighted by molar-refractivity contribution is 5.95. The Hall–Kier alpha value is -3.48. The minimum absolute atomic E-state index is 0.0314. The number of carbonyl (C=O) groups excluding carboxylic acids is 1. The molecule has 1 saturated heterocycles. The van der Waals surface area contributed by atoms with E-state index >= 15 is 0 Å². The predicted octanol–water partition coefficient (Wildman–Crippen LogP) is 4.36. The summed E-state index contributed by atoms with van der Waals surface area (Å²) in [5, 5.41) is 6.48. The maximum absolute atomic E-state index is 12.6. The maximum Gasteiger partial charge on any atom is 0.251 e. The lowest BCUT2D eigenvalue weighted by Crippen LogP contribution is -2.45. The van der Waals surface area contributed by atoms with E-state index in [1.807, 2.05) is 48.5 Å². The lowest BCUT2D eigenvalue weighted by atomic mass is 10.1. The molecule has 0 spiro atoms.